The van der Waals surface area contributed by atoms with Crippen molar-refractivity contribution in [1.82, 2.24) is 10.0 Å². The molecule has 1 atom stereocenters. The van der Waals surface area contributed by atoms with Crippen LogP contribution < -0.4 is 10.0 Å². The van der Waals surface area contributed by atoms with Crippen LogP contribution in [0.3, 0.4) is 0 Å². The zero-order valence-electron chi connectivity index (χ0n) is 15.7. The molecule has 2 fully saturated rings. The Morgan fingerprint density at radius 3 is 2.52 bits per heavy atom. The van der Waals surface area contributed by atoms with E-state index in [0.29, 0.717) is 12.5 Å². The van der Waals surface area contributed by atoms with E-state index in [2.05, 4.69) is 58.6 Å². The van der Waals surface area contributed by atoms with Crippen molar-refractivity contribution in [3.8, 4) is 0 Å². The zero-order valence-corrected chi connectivity index (χ0v) is 16.5. The topological polar surface area (TPSA) is 58.2 Å². The lowest BCUT2D eigenvalue weighted by Gasteiger charge is -2.30. The smallest absolute Gasteiger partial charge is 0.212 e. The van der Waals surface area contributed by atoms with Gasteiger partial charge in [-0.15, -0.1) is 0 Å². The second kappa shape index (κ2) is 7.74. The molecule has 2 aromatic carbocycles. The number of sulfonamides is 1. The predicted molar refractivity (Wildman–Crippen MR) is 109 cm³/mol. The van der Waals surface area contributed by atoms with Gasteiger partial charge in [-0.3, -0.25) is 0 Å². The summed E-state index contributed by atoms with van der Waals surface area (Å²) in [5, 5.41) is 3.52. The third-order valence-corrected chi connectivity index (χ3v) is 7.31. The standard InChI is InChI=1S/C22H28N2O2S/c25-27(26,16-19-9-10-19)24-15-20-7-4-8-21(13-20)22(11-12-23-17-22)14-18-5-2-1-3-6-18/h1-8,13,19,23-24H,9-12,14-17H2. The van der Waals surface area contributed by atoms with Gasteiger partial charge in [0.1, 0.15) is 0 Å². The van der Waals surface area contributed by atoms with E-state index in [-0.39, 0.29) is 11.2 Å². The molecule has 1 saturated carbocycles. The molecule has 0 aromatic heterocycles. The summed E-state index contributed by atoms with van der Waals surface area (Å²) in [5.41, 5.74) is 3.75. The molecule has 0 spiro atoms. The SMILES string of the molecule is O=S(=O)(CC1CC1)NCc1cccc(C2(Cc3ccccc3)CCNC2)c1. The van der Waals surface area contributed by atoms with Crippen molar-refractivity contribution in [2.24, 2.45) is 5.92 Å². The van der Waals surface area contributed by atoms with Gasteiger partial charge in [0.15, 0.2) is 0 Å². The van der Waals surface area contributed by atoms with E-state index < -0.39 is 10.0 Å². The second-order valence-corrected chi connectivity index (χ2v) is 9.97. The van der Waals surface area contributed by atoms with Gasteiger partial charge in [-0.2, -0.15) is 0 Å². The van der Waals surface area contributed by atoms with Crippen molar-refractivity contribution >= 4 is 10.0 Å². The fraction of sp³-hybridized carbons (Fsp3) is 0.455. The van der Waals surface area contributed by atoms with Gasteiger partial charge in [0.05, 0.1) is 5.75 Å². The molecule has 0 bridgehead atoms. The van der Waals surface area contributed by atoms with Crippen LogP contribution in [0.5, 0.6) is 0 Å². The van der Waals surface area contributed by atoms with E-state index in [1.54, 1.807) is 0 Å². The Hall–Kier alpha value is -1.69. The van der Waals surface area contributed by atoms with E-state index in [1.807, 2.05) is 6.07 Å². The molecule has 0 radical (unpaired) electrons. The zero-order chi connectivity index (χ0) is 18.7. The van der Waals surface area contributed by atoms with Crippen LogP contribution in [0.15, 0.2) is 54.6 Å². The largest absolute Gasteiger partial charge is 0.316 e. The fourth-order valence-electron chi connectivity index (χ4n) is 4.09. The lowest BCUT2D eigenvalue weighted by Crippen LogP contribution is -2.32. The normalized spacial score (nSPS) is 22.8. The number of benzene rings is 2. The molecule has 2 aliphatic rings. The maximum absolute atomic E-state index is 12.2. The van der Waals surface area contributed by atoms with Crippen molar-refractivity contribution < 1.29 is 8.42 Å². The average molecular weight is 385 g/mol. The quantitative estimate of drug-likeness (QED) is 0.736. The summed E-state index contributed by atoms with van der Waals surface area (Å²) >= 11 is 0. The van der Waals surface area contributed by atoms with E-state index >= 15 is 0 Å². The van der Waals surface area contributed by atoms with E-state index in [9.17, 15) is 8.42 Å². The van der Waals surface area contributed by atoms with Crippen molar-refractivity contribution in [3.63, 3.8) is 0 Å². The molecule has 1 heterocycles. The molecule has 1 aliphatic heterocycles. The van der Waals surface area contributed by atoms with Crippen LogP contribution in [0.1, 0.15) is 36.0 Å². The Balaban J connectivity index is 1.51. The van der Waals surface area contributed by atoms with Crippen LogP contribution in [0.2, 0.25) is 0 Å². The van der Waals surface area contributed by atoms with Crippen molar-refractivity contribution in [2.45, 2.75) is 37.6 Å². The molecule has 1 aliphatic carbocycles. The molecule has 4 rings (SSSR count). The molecule has 27 heavy (non-hydrogen) atoms. The fourth-order valence-corrected chi connectivity index (χ4v) is 5.55. The summed E-state index contributed by atoms with van der Waals surface area (Å²) in [6, 6.07) is 19.1. The summed E-state index contributed by atoms with van der Waals surface area (Å²) in [6.07, 6.45) is 4.19. The van der Waals surface area contributed by atoms with Gasteiger partial charge in [-0.1, -0.05) is 54.6 Å². The highest BCUT2D eigenvalue weighted by atomic mass is 32.2. The van der Waals surface area contributed by atoms with Crippen LogP contribution in [0.4, 0.5) is 0 Å². The van der Waals surface area contributed by atoms with Crippen molar-refractivity contribution in [3.05, 3.63) is 71.3 Å². The first-order valence-electron chi connectivity index (χ1n) is 9.86. The van der Waals surface area contributed by atoms with Crippen molar-refractivity contribution in [1.29, 1.82) is 0 Å². The van der Waals surface area contributed by atoms with E-state index in [4.69, 9.17) is 0 Å². The summed E-state index contributed by atoms with van der Waals surface area (Å²) in [6.45, 7) is 2.35. The maximum Gasteiger partial charge on any atom is 0.212 e. The lowest BCUT2D eigenvalue weighted by atomic mass is 9.74. The Morgan fingerprint density at radius 2 is 1.81 bits per heavy atom. The maximum atomic E-state index is 12.2. The molecule has 0 amide bonds. The number of hydrogen-bond acceptors (Lipinski definition) is 3. The number of rotatable bonds is 8. The van der Waals surface area contributed by atoms with Crippen LogP contribution in [-0.4, -0.2) is 27.3 Å². The van der Waals surface area contributed by atoms with Gasteiger partial charge in [0, 0.05) is 18.5 Å². The van der Waals surface area contributed by atoms with E-state index in [0.717, 1.165) is 44.3 Å². The Bertz CT molecular complexity index is 870. The lowest BCUT2D eigenvalue weighted by molar-refractivity contribution is 0.467. The number of hydrogen-bond donors (Lipinski definition) is 2. The molecule has 4 nitrogen and oxygen atoms in total. The Labute approximate surface area is 162 Å². The number of nitrogens with one attached hydrogen (secondary N) is 2. The van der Waals surface area contributed by atoms with Gasteiger partial charge in [0.2, 0.25) is 10.0 Å². The monoisotopic (exact) mass is 384 g/mol. The molecule has 2 N–H and O–H groups in total. The van der Waals surface area contributed by atoms with Gasteiger partial charge >= 0.3 is 0 Å². The average Bonchev–Trinajstić information content (AvgIpc) is 3.34. The summed E-state index contributed by atoms with van der Waals surface area (Å²) < 4.78 is 27.1. The van der Waals surface area contributed by atoms with Crippen LogP contribution in [0, 0.1) is 5.92 Å². The first kappa shape index (κ1) is 18.7. The minimum atomic E-state index is -3.17. The van der Waals surface area contributed by atoms with Crippen molar-refractivity contribution in [2.75, 3.05) is 18.8 Å². The highest BCUT2D eigenvalue weighted by Crippen LogP contribution is 2.35. The molecule has 2 aromatic rings. The first-order chi connectivity index (χ1) is 13.0. The third kappa shape index (κ3) is 4.78. The molecule has 1 saturated heterocycles. The van der Waals surface area contributed by atoms with Gasteiger partial charge in [-0.25, -0.2) is 13.1 Å². The Morgan fingerprint density at radius 1 is 1.04 bits per heavy atom. The van der Waals surface area contributed by atoms with Gasteiger partial charge < -0.3 is 5.32 Å². The highest BCUT2D eigenvalue weighted by Gasteiger charge is 2.36. The van der Waals surface area contributed by atoms with Gasteiger partial charge in [-0.05, 0) is 54.8 Å². The minimum absolute atomic E-state index is 0.0737. The van der Waals surface area contributed by atoms with Crippen LogP contribution >= 0.6 is 0 Å². The molecular weight excluding hydrogens is 356 g/mol. The van der Waals surface area contributed by atoms with Crippen LogP contribution in [-0.2, 0) is 28.4 Å². The van der Waals surface area contributed by atoms with E-state index in [1.165, 1.54) is 11.1 Å². The molecule has 1 unspecified atom stereocenters. The highest BCUT2D eigenvalue weighted by molar-refractivity contribution is 7.89. The summed E-state index contributed by atoms with van der Waals surface area (Å²) in [4.78, 5) is 0. The summed E-state index contributed by atoms with van der Waals surface area (Å²) in [5.74, 6) is 0.640. The predicted octanol–water partition coefficient (Wildman–Crippen LogP) is 2.99. The summed E-state index contributed by atoms with van der Waals surface area (Å²) in [7, 11) is -3.17. The second-order valence-electron chi connectivity index (χ2n) is 8.12. The van der Waals surface area contributed by atoms with Gasteiger partial charge in [0.25, 0.3) is 0 Å². The molecule has 5 heteroatoms. The van der Waals surface area contributed by atoms with Crippen LogP contribution in [0.25, 0.3) is 0 Å². The third-order valence-electron chi connectivity index (χ3n) is 5.82. The Kier molecular flexibility index (Phi) is 5.35. The first-order valence-corrected chi connectivity index (χ1v) is 11.5. The minimum Gasteiger partial charge on any atom is -0.316 e. The molecular formula is C22H28N2O2S. The molecule has 144 valence electrons.